The number of benzene rings is 2. The Morgan fingerprint density at radius 2 is 1.82 bits per heavy atom. The summed E-state index contributed by atoms with van der Waals surface area (Å²) in [5.41, 5.74) is 4.92. The van der Waals surface area contributed by atoms with Crippen LogP contribution in [0.2, 0.25) is 0 Å². The highest BCUT2D eigenvalue weighted by Gasteiger charge is 2.22. The molecule has 1 N–H and O–H groups in total. The maximum absolute atomic E-state index is 12.9. The fraction of sp³-hybridized carbons (Fsp3) is 0.217. The van der Waals surface area contributed by atoms with E-state index in [-0.39, 0.29) is 11.7 Å². The second-order valence-electron chi connectivity index (χ2n) is 6.98. The van der Waals surface area contributed by atoms with Crippen molar-refractivity contribution in [3.8, 4) is 0 Å². The molecule has 1 aliphatic heterocycles. The number of pyridine rings is 1. The van der Waals surface area contributed by atoms with Crippen LogP contribution in [0.4, 0.5) is 10.1 Å². The molecule has 0 fully saturated rings. The minimum absolute atomic E-state index is 0.0348. The van der Waals surface area contributed by atoms with Crippen LogP contribution in [0, 0.1) is 5.82 Å². The average Bonchev–Trinajstić information content (AvgIpc) is 2.75. The topological polar surface area (TPSA) is 45.2 Å². The van der Waals surface area contributed by atoms with Crippen LogP contribution in [-0.2, 0) is 19.4 Å². The monoisotopic (exact) mass is 375 g/mol. The van der Waals surface area contributed by atoms with Gasteiger partial charge in [0.2, 0.25) is 0 Å². The summed E-state index contributed by atoms with van der Waals surface area (Å²) in [4.78, 5) is 19.0. The first kappa shape index (κ1) is 18.2. The first-order chi connectivity index (χ1) is 13.7. The normalized spacial score (nSPS) is 13.1. The minimum atomic E-state index is -0.224. The predicted octanol–water partition coefficient (Wildman–Crippen LogP) is 4.07. The number of hydrogen-bond donors (Lipinski definition) is 1. The lowest BCUT2D eigenvalue weighted by atomic mass is 10.00. The van der Waals surface area contributed by atoms with Gasteiger partial charge in [0, 0.05) is 19.6 Å². The van der Waals surface area contributed by atoms with E-state index >= 15 is 0 Å². The number of nitrogens with zero attached hydrogens (tertiary/aromatic N) is 2. The van der Waals surface area contributed by atoms with Gasteiger partial charge in [0.1, 0.15) is 11.5 Å². The standard InChI is InChI=1S/C23H22FN3O/c24-20-7-5-17(6-8-20)11-13-25-21-9-10-22(26-15-21)23(28)27-14-12-18-3-1-2-4-19(18)16-27/h1-10,15,25H,11-14,16H2. The molecular weight excluding hydrogens is 353 g/mol. The van der Waals surface area contributed by atoms with Crippen LogP contribution in [0.15, 0.2) is 66.9 Å². The van der Waals surface area contributed by atoms with E-state index in [1.807, 2.05) is 23.1 Å². The van der Waals surface area contributed by atoms with E-state index in [9.17, 15) is 9.18 Å². The molecular formula is C23H22FN3O. The zero-order chi connectivity index (χ0) is 19.3. The molecule has 5 heteroatoms. The molecule has 0 atom stereocenters. The summed E-state index contributed by atoms with van der Waals surface area (Å²) >= 11 is 0. The third kappa shape index (κ3) is 4.19. The molecule has 1 amide bonds. The maximum Gasteiger partial charge on any atom is 0.272 e. The van der Waals surface area contributed by atoms with Gasteiger partial charge in [-0.3, -0.25) is 4.79 Å². The fourth-order valence-corrected chi connectivity index (χ4v) is 3.46. The van der Waals surface area contributed by atoms with Gasteiger partial charge in [0.25, 0.3) is 5.91 Å². The minimum Gasteiger partial charge on any atom is -0.383 e. The Balaban J connectivity index is 1.33. The zero-order valence-corrected chi connectivity index (χ0v) is 15.6. The van der Waals surface area contributed by atoms with Crippen molar-refractivity contribution in [2.75, 3.05) is 18.4 Å². The average molecular weight is 375 g/mol. The molecule has 2 aromatic carbocycles. The highest BCUT2D eigenvalue weighted by atomic mass is 19.1. The van der Waals surface area contributed by atoms with Gasteiger partial charge in [0.15, 0.2) is 0 Å². The van der Waals surface area contributed by atoms with Gasteiger partial charge in [-0.1, -0.05) is 36.4 Å². The Morgan fingerprint density at radius 3 is 2.57 bits per heavy atom. The Morgan fingerprint density at radius 1 is 1.04 bits per heavy atom. The Kier molecular flexibility index (Phi) is 5.33. The molecule has 2 heterocycles. The van der Waals surface area contributed by atoms with Crippen molar-refractivity contribution in [1.82, 2.24) is 9.88 Å². The van der Waals surface area contributed by atoms with Crippen LogP contribution < -0.4 is 5.32 Å². The van der Waals surface area contributed by atoms with E-state index < -0.39 is 0 Å². The molecule has 4 rings (SSSR count). The smallest absolute Gasteiger partial charge is 0.272 e. The van der Waals surface area contributed by atoms with Crippen LogP contribution in [0.25, 0.3) is 0 Å². The number of anilines is 1. The number of nitrogens with one attached hydrogen (secondary N) is 1. The van der Waals surface area contributed by atoms with Gasteiger partial charge in [-0.25, -0.2) is 9.37 Å². The van der Waals surface area contributed by atoms with Gasteiger partial charge in [-0.15, -0.1) is 0 Å². The lowest BCUT2D eigenvalue weighted by Gasteiger charge is -2.28. The number of amides is 1. The number of halogens is 1. The lowest BCUT2D eigenvalue weighted by molar-refractivity contribution is 0.0729. The van der Waals surface area contributed by atoms with Crippen molar-refractivity contribution in [2.24, 2.45) is 0 Å². The van der Waals surface area contributed by atoms with Crippen LogP contribution in [0.5, 0.6) is 0 Å². The van der Waals surface area contributed by atoms with Gasteiger partial charge in [-0.2, -0.15) is 0 Å². The van der Waals surface area contributed by atoms with E-state index in [0.717, 1.165) is 30.6 Å². The second-order valence-corrected chi connectivity index (χ2v) is 6.98. The highest BCUT2D eigenvalue weighted by Crippen LogP contribution is 2.20. The fourth-order valence-electron chi connectivity index (χ4n) is 3.46. The molecule has 28 heavy (non-hydrogen) atoms. The van der Waals surface area contributed by atoms with Gasteiger partial charge in [-0.05, 0) is 53.8 Å². The molecule has 0 bridgehead atoms. The second kappa shape index (κ2) is 8.21. The van der Waals surface area contributed by atoms with Crippen molar-refractivity contribution in [3.63, 3.8) is 0 Å². The molecule has 0 unspecified atom stereocenters. The Labute approximate surface area is 164 Å². The third-order valence-electron chi connectivity index (χ3n) is 5.06. The van der Waals surface area contributed by atoms with Crippen LogP contribution >= 0.6 is 0 Å². The van der Waals surface area contributed by atoms with E-state index in [4.69, 9.17) is 0 Å². The van der Waals surface area contributed by atoms with Gasteiger partial charge < -0.3 is 10.2 Å². The predicted molar refractivity (Wildman–Crippen MR) is 108 cm³/mol. The summed E-state index contributed by atoms with van der Waals surface area (Å²) in [5, 5.41) is 3.29. The summed E-state index contributed by atoms with van der Waals surface area (Å²) in [6.45, 7) is 2.06. The summed E-state index contributed by atoms with van der Waals surface area (Å²) in [6, 6.07) is 18.4. The zero-order valence-electron chi connectivity index (χ0n) is 15.6. The molecule has 0 saturated carbocycles. The van der Waals surface area contributed by atoms with Crippen molar-refractivity contribution in [3.05, 3.63) is 95.1 Å². The van der Waals surface area contributed by atoms with E-state index in [1.54, 1.807) is 24.4 Å². The van der Waals surface area contributed by atoms with E-state index in [0.29, 0.717) is 18.8 Å². The molecule has 0 spiro atoms. The van der Waals surface area contributed by atoms with Crippen molar-refractivity contribution in [2.45, 2.75) is 19.4 Å². The van der Waals surface area contributed by atoms with Crippen molar-refractivity contribution >= 4 is 11.6 Å². The highest BCUT2D eigenvalue weighted by molar-refractivity contribution is 5.92. The van der Waals surface area contributed by atoms with Crippen molar-refractivity contribution in [1.29, 1.82) is 0 Å². The number of rotatable bonds is 5. The van der Waals surface area contributed by atoms with Crippen LogP contribution in [0.3, 0.4) is 0 Å². The molecule has 4 nitrogen and oxygen atoms in total. The molecule has 0 saturated heterocycles. The molecule has 3 aromatic rings. The summed E-state index contributed by atoms with van der Waals surface area (Å²) in [6.07, 6.45) is 3.36. The molecule has 142 valence electrons. The number of fused-ring (bicyclic) bond motifs is 1. The lowest BCUT2D eigenvalue weighted by Crippen LogP contribution is -2.36. The Hall–Kier alpha value is -3.21. The summed E-state index contributed by atoms with van der Waals surface area (Å²) in [7, 11) is 0. The van der Waals surface area contributed by atoms with Gasteiger partial charge >= 0.3 is 0 Å². The summed E-state index contributed by atoms with van der Waals surface area (Å²) < 4.78 is 12.9. The van der Waals surface area contributed by atoms with Gasteiger partial charge in [0.05, 0.1) is 11.9 Å². The largest absolute Gasteiger partial charge is 0.383 e. The molecule has 0 aliphatic carbocycles. The quantitative estimate of drug-likeness (QED) is 0.731. The first-order valence-electron chi connectivity index (χ1n) is 9.49. The van der Waals surface area contributed by atoms with Crippen LogP contribution in [0.1, 0.15) is 27.2 Å². The van der Waals surface area contributed by atoms with E-state index in [1.165, 1.54) is 23.3 Å². The molecule has 0 radical (unpaired) electrons. The number of hydrogen-bond acceptors (Lipinski definition) is 3. The molecule has 1 aliphatic rings. The number of aromatic nitrogens is 1. The first-order valence-corrected chi connectivity index (χ1v) is 9.49. The van der Waals surface area contributed by atoms with Crippen LogP contribution in [-0.4, -0.2) is 28.9 Å². The maximum atomic E-state index is 12.9. The van der Waals surface area contributed by atoms with Crippen molar-refractivity contribution < 1.29 is 9.18 Å². The molecule has 1 aromatic heterocycles. The number of carbonyl (C=O) groups excluding carboxylic acids is 1. The Bertz CT molecular complexity index is 954. The SMILES string of the molecule is O=C(c1ccc(NCCc2ccc(F)cc2)cn1)N1CCc2ccccc2C1. The van der Waals surface area contributed by atoms with E-state index in [2.05, 4.69) is 22.4 Å². The summed E-state index contributed by atoms with van der Waals surface area (Å²) in [5.74, 6) is -0.259. The third-order valence-corrected chi connectivity index (χ3v) is 5.06. The number of carbonyl (C=O) groups is 1.